The van der Waals surface area contributed by atoms with Gasteiger partial charge in [0.05, 0.1) is 37.4 Å². The lowest BCUT2D eigenvalue weighted by Crippen LogP contribution is -2.55. The second-order valence-corrected chi connectivity index (χ2v) is 12.5. The van der Waals surface area contributed by atoms with E-state index in [9.17, 15) is 13.2 Å². The summed E-state index contributed by atoms with van der Waals surface area (Å²) in [5.41, 5.74) is 0.342. The van der Waals surface area contributed by atoms with E-state index in [2.05, 4.69) is 0 Å². The van der Waals surface area contributed by atoms with Crippen LogP contribution in [0.25, 0.3) is 0 Å². The van der Waals surface area contributed by atoms with Crippen LogP contribution in [-0.2, 0) is 36.9 Å². The van der Waals surface area contributed by atoms with Crippen LogP contribution in [0.3, 0.4) is 0 Å². The number of sulfone groups is 1. The Kier molecular flexibility index (Phi) is 7.36. The van der Waals surface area contributed by atoms with E-state index >= 15 is 0 Å². The monoisotopic (exact) mass is 483 g/mol. The van der Waals surface area contributed by atoms with Crippen molar-refractivity contribution in [3.05, 3.63) is 29.3 Å². The predicted molar refractivity (Wildman–Crippen MR) is 125 cm³/mol. The van der Waals surface area contributed by atoms with Gasteiger partial charge in [-0.1, -0.05) is 12.1 Å². The summed E-state index contributed by atoms with van der Waals surface area (Å²) in [6.07, 6.45) is 0.254. The van der Waals surface area contributed by atoms with Gasteiger partial charge < -0.3 is 18.9 Å². The van der Waals surface area contributed by atoms with Crippen molar-refractivity contribution < 1.29 is 32.2 Å². The third-order valence-electron chi connectivity index (χ3n) is 6.08. The predicted octanol–water partition coefficient (Wildman–Crippen LogP) is 3.21. The highest BCUT2D eigenvalue weighted by Crippen LogP contribution is 2.41. The average molecular weight is 484 g/mol. The van der Waals surface area contributed by atoms with Crippen LogP contribution in [0, 0.1) is 5.92 Å². The maximum Gasteiger partial charge on any atom is 0.412 e. The van der Waals surface area contributed by atoms with Crippen molar-refractivity contribution in [3.8, 4) is 5.75 Å². The lowest BCUT2D eigenvalue weighted by Gasteiger charge is -2.37. The van der Waals surface area contributed by atoms with Crippen LogP contribution in [0.5, 0.6) is 5.75 Å². The lowest BCUT2D eigenvalue weighted by atomic mass is 9.90. The Bertz CT molecular complexity index is 968. The zero-order valence-corrected chi connectivity index (χ0v) is 21.5. The third kappa shape index (κ3) is 6.00. The second-order valence-electron chi connectivity index (χ2n) is 10.4. The summed E-state index contributed by atoms with van der Waals surface area (Å²) in [6, 6.07) is 5.31. The Labute approximate surface area is 197 Å². The van der Waals surface area contributed by atoms with Gasteiger partial charge in [0.15, 0.2) is 9.84 Å². The molecular weight excluding hydrogens is 446 g/mol. The van der Waals surface area contributed by atoms with E-state index in [0.717, 1.165) is 16.9 Å². The summed E-state index contributed by atoms with van der Waals surface area (Å²) in [6.45, 7) is 9.50. The number of carbonyl (C=O) groups excluding carboxylic acids is 1. The van der Waals surface area contributed by atoms with Crippen LogP contribution in [0.15, 0.2) is 18.2 Å². The number of hydrogen-bond donors (Lipinski definition) is 0. The standard InChI is InChI=1S/C24H37NO7S/c1-23(2,3)32-22(26)25-19-15-33(27,28)14-18(21(19)31-24(25,4)5)13-16-8-9-20(30-7)17(12-16)10-11-29-6/h8-9,12,18-19,21H,10-11,13-15H2,1-7H3/t18-,19+,21+/m1/s1. The largest absolute Gasteiger partial charge is 0.496 e. The van der Waals surface area contributed by atoms with Crippen molar-refractivity contribution in [2.75, 3.05) is 32.3 Å². The normalized spacial score (nSPS) is 26.0. The Morgan fingerprint density at radius 3 is 2.52 bits per heavy atom. The van der Waals surface area contributed by atoms with Crippen molar-refractivity contribution in [3.63, 3.8) is 0 Å². The number of rotatable bonds is 6. The highest BCUT2D eigenvalue weighted by atomic mass is 32.2. The van der Waals surface area contributed by atoms with Gasteiger partial charge in [0.25, 0.3) is 0 Å². The van der Waals surface area contributed by atoms with E-state index < -0.39 is 39.4 Å². The summed E-state index contributed by atoms with van der Waals surface area (Å²) < 4.78 is 48.4. The molecule has 33 heavy (non-hydrogen) atoms. The quantitative estimate of drug-likeness (QED) is 0.614. The molecule has 1 aromatic carbocycles. The maximum absolute atomic E-state index is 13.0. The minimum atomic E-state index is -3.38. The summed E-state index contributed by atoms with van der Waals surface area (Å²) in [5, 5.41) is 0. The highest BCUT2D eigenvalue weighted by molar-refractivity contribution is 7.91. The molecule has 0 N–H and O–H groups in total. The van der Waals surface area contributed by atoms with Gasteiger partial charge in [-0.3, -0.25) is 4.90 Å². The molecule has 2 aliphatic heterocycles. The first-order chi connectivity index (χ1) is 15.3. The van der Waals surface area contributed by atoms with Crippen molar-refractivity contribution >= 4 is 15.9 Å². The third-order valence-corrected chi connectivity index (χ3v) is 7.87. The van der Waals surface area contributed by atoms with Crippen molar-refractivity contribution in [2.24, 2.45) is 5.92 Å². The fourth-order valence-corrected chi connectivity index (χ4v) is 6.81. The van der Waals surface area contributed by atoms with Gasteiger partial charge in [-0.25, -0.2) is 13.2 Å². The number of ether oxygens (including phenoxy) is 4. The van der Waals surface area contributed by atoms with Crippen LogP contribution < -0.4 is 4.74 Å². The van der Waals surface area contributed by atoms with Crippen LogP contribution >= 0.6 is 0 Å². The first-order valence-electron chi connectivity index (χ1n) is 11.3. The van der Waals surface area contributed by atoms with Crippen LogP contribution in [-0.4, -0.2) is 75.2 Å². The Balaban J connectivity index is 1.89. The van der Waals surface area contributed by atoms with Gasteiger partial charge in [0.2, 0.25) is 0 Å². The molecule has 0 aliphatic carbocycles. The van der Waals surface area contributed by atoms with Crippen molar-refractivity contribution in [1.29, 1.82) is 0 Å². The summed E-state index contributed by atoms with van der Waals surface area (Å²) in [5.74, 6) is 0.383. The summed E-state index contributed by atoms with van der Waals surface area (Å²) >= 11 is 0. The molecule has 0 unspecified atom stereocenters. The van der Waals surface area contributed by atoms with Crippen molar-refractivity contribution in [1.82, 2.24) is 4.90 Å². The molecule has 2 heterocycles. The Hall–Kier alpha value is -1.84. The van der Waals surface area contributed by atoms with Crippen LogP contribution in [0.1, 0.15) is 45.7 Å². The van der Waals surface area contributed by atoms with E-state index in [1.165, 1.54) is 4.90 Å². The molecule has 8 nitrogen and oxygen atoms in total. The zero-order chi connectivity index (χ0) is 24.6. The van der Waals surface area contributed by atoms with E-state index in [1.807, 2.05) is 18.2 Å². The number of hydrogen-bond acceptors (Lipinski definition) is 7. The fourth-order valence-electron chi connectivity index (χ4n) is 4.85. The number of amides is 1. The first kappa shape index (κ1) is 25.8. The lowest BCUT2D eigenvalue weighted by molar-refractivity contribution is -0.0872. The zero-order valence-electron chi connectivity index (χ0n) is 20.7. The number of benzene rings is 1. The topological polar surface area (TPSA) is 91.4 Å². The molecule has 1 aromatic rings. The molecule has 0 bridgehead atoms. The summed E-state index contributed by atoms with van der Waals surface area (Å²) in [7, 11) is -0.0978. The number of carbonyl (C=O) groups is 1. The molecule has 186 valence electrons. The number of methoxy groups -OCH3 is 2. The minimum Gasteiger partial charge on any atom is -0.496 e. The van der Waals surface area contributed by atoms with Crippen LogP contribution in [0.4, 0.5) is 4.79 Å². The molecule has 0 spiro atoms. The fraction of sp³-hybridized carbons (Fsp3) is 0.708. The SMILES string of the molecule is COCCc1cc(C[C@@H]2CS(=O)(=O)C[C@H]3[C@H]2OC(C)(C)N3C(=O)OC(C)(C)C)ccc1OC. The second kappa shape index (κ2) is 9.43. The Morgan fingerprint density at radius 1 is 1.21 bits per heavy atom. The highest BCUT2D eigenvalue weighted by Gasteiger charge is 2.57. The number of nitrogens with zero attached hydrogens (tertiary/aromatic N) is 1. The Morgan fingerprint density at radius 2 is 1.91 bits per heavy atom. The van der Waals surface area contributed by atoms with E-state index in [-0.39, 0.29) is 17.4 Å². The molecule has 2 saturated heterocycles. The molecule has 9 heteroatoms. The number of fused-ring (bicyclic) bond motifs is 1. The molecule has 2 aliphatic rings. The molecular formula is C24H37NO7S. The first-order valence-corrected chi connectivity index (χ1v) is 13.1. The molecule has 0 aromatic heterocycles. The van der Waals surface area contributed by atoms with Gasteiger partial charge in [-0.15, -0.1) is 0 Å². The molecule has 1 amide bonds. The molecule has 3 rings (SSSR count). The smallest absolute Gasteiger partial charge is 0.412 e. The van der Waals surface area contributed by atoms with E-state index in [4.69, 9.17) is 18.9 Å². The van der Waals surface area contributed by atoms with Gasteiger partial charge >= 0.3 is 6.09 Å². The molecule has 0 saturated carbocycles. The molecule has 0 radical (unpaired) electrons. The molecule has 3 atom stereocenters. The van der Waals surface area contributed by atoms with Crippen molar-refractivity contribution in [2.45, 2.75) is 70.9 Å². The average Bonchev–Trinajstić information content (AvgIpc) is 2.94. The molecule has 2 fully saturated rings. The van der Waals surface area contributed by atoms with Gasteiger partial charge in [-0.2, -0.15) is 0 Å². The van der Waals surface area contributed by atoms with E-state index in [1.54, 1.807) is 48.8 Å². The van der Waals surface area contributed by atoms with Gasteiger partial charge in [-0.05, 0) is 64.7 Å². The minimum absolute atomic E-state index is 0.0197. The van der Waals surface area contributed by atoms with E-state index in [0.29, 0.717) is 19.4 Å². The van der Waals surface area contributed by atoms with Crippen LogP contribution in [0.2, 0.25) is 0 Å². The maximum atomic E-state index is 13.0. The summed E-state index contributed by atoms with van der Waals surface area (Å²) in [4.78, 5) is 14.5. The van der Waals surface area contributed by atoms with Gasteiger partial charge in [0.1, 0.15) is 17.1 Å². The van der Waals surface area contributed by atoms with Gasteiger partial charge in [0, 0.05) is 13.0 Å².